The van der Waals surface area contributed by atoms with E-state index in [1.807, 2.05) is 12.1 Å². The lowest BCUT2D eigenvalue weighted by Gasteiger charge is -2.41. The number of nitrogens with zero attached hydrogens (tertiary/aromatic N) is 2. The standard InChI is InChI=1S/C38H50FN5O5.C2HF3O2/c1-25(45)42-31-19-29(18-30(39)21-31)37(47)43-16-17-44(34(24-43)36(46)41-22-26-8-4-2-5-9-26)38(48)28-12-13-35(49-32-14-15-40-23-32)33(20-28)27-10-6-3-7-11-27;3-2(4,5)1(6)7/h12-13,18-21,26-27,32,34,40H,2-11,14-17,22-24H2,1H3,(H,41,46)(H,42,45);(H,6,7)/t32-,34?;/m0./s1. The maximum absolute atomic E-state index is 14.5. The van der Waals surface area contributed by atoms with E-state index in [-0.39, 0.29) is 54.7 Å². The number of alkyl halides is 3. The predicted molar refractivity (Wildman–Crippen MR) is 199 cm³/mol. The lowest BCUT2D eigenvalue weighted by molar-refractivity contribution is -0.192. The number of ether oxygens (including phenoxy) is 1. The summed E-state index contributed by atoms with van der Waals surface area (Å²) in [4.78, 5) is 65.6. The lowest BCUT2D eigenvalue weighted by atomic mass is 9.83. The summed E-state index contributed by atoms with van der Waals surface area (Å²) in [5, 5.41) is 16.1. The van der Waals surface area contributed by atoms with Gasteiger partial charge in [-0.15, -0.1) is 0 Å². The fraction of sp³-hybridized carbons (Fsp3) is 0.575. The summed E-state index contributed by atoms with van der Waals surface area (Å²) in [5.41, 5.74) is 1.81. The summed E-state index contributed by atoms with van der Waals surface area (Å²) < 4.78 is 52.7. The van der Waals surface area contributed by atoms with Gasteiger partial charge in [0.15, 0.2) is 0 Å². The van der Waals surface area contributed by atoms with Crippen molar-refractivity contribution in [3.05, 3.63) is 58.9 Å². The van der Waals surface area contributed by atoms with Crippen LogP contribution in [-0.2, 0) is 14.4 Å². The highest BCUT2D eigenvalue weighted by Gasteiger charge is 2.39. The van der Waals surface area contributed by atoms with E-state index >= 15 is 0 Å². The quantitative estimate of drug-likeness (QED) is 0.230. The molecule has 6 rings (SSSR count). The van der Waals surface area contributed by atoms with E-state index in [4.69, 9.17) is 14.6 Å². The Balaban J connectivity index is 0.000000784. The van der Waals surface area contributed by atoms with Crippen molar-refractivity contribution in [2.24, 2.45) is 5.92 Å². The molecule has 4 amide bonds. The number of carboxylic acid groups (broad SMARTS) is 1. The van der Waals surface area contributed by atoms with Crippen LogP contribution in [0, 0.1) is 11.7 Å². The summed E-state index contributed by atoms with van der Waals surface area (Å²) in [6, 6.07) is 8.49. The third-order valence-electron chi connectivity index (χ3n) is 10.8. The number of carbonyl (C=O) groups excluding carboxylic acids is 4. The maximum Gasteiger partial charge on any atom is 0.490 e. The average molecular weight is 790 g/mol. The summed E-state index contributed by atoms with van der Waals surface area (Å²) >= 11 is 0. The summed E-state index contributed by atoms with van der Waals surface area (Å²) in [6.45, 7) is 3.86. The second-order valence-electron chi connectivity index (χ2n) is 15.0. The van der Waals surface area contributed by atoms with Gasteiger partial charge in [-0.2, -0.15) is 13.2 Å². The van der Waals surface area contributed by atoms with Gasteiger partial charge in [0.1, 0.15) is 23.7 Å². The van der Waals surface area contributed by atoms with Crippen molar-refractivity contribution < 1.29 is 51.4 Å². The molecule has 2 atom stereocenters. The van der Waals surface area contributed by atoms with Crippen LogP contribution in [0.25, 0.3) is 0 Å². The Morgan fingerprint density at radius 3 is 2.18 bits per heavy atom. The Kier molecular flexibility index (Phi) is 14.7. The highest BCUT2D eigenvalue weighted by atomic mass is 19.4. The Hall–Kier alpha value is -4.73. The number of nitrogens with one attached hydrogen (secondary N) is 3. The molecule has 4 N–H and O–H groups in total. The molecule has 2 saturated carbocycles. The molecule has 4 aliphatic rings. The molecule has 0 radical (unpaired) electrons. The SMILES string of the molecule is CC(=O)Nc1cc(F)cc(C(=O)N2CCN(C(=O)c3ccc(O[C@H]4CCNC4)c(C4CCCCC4)c3)C(C(=O)NCC3CCCCC3)C2)c1.O=C(O)C(F)(F)F. The van der Waals surface area contributed by atoms with Crippen LogP contribution in [0.1, 0.15) is 110 Å². The van der Waals surface area contributed by atoms with Crippen LogP contribution in [0.3, 0.4) is 0 Å². The van der Waals surface area contributed by atoms with Crippen molar-refractivity contribution in [2.45, 2.75) is 102 Å². The minimum atomic E-state index is -5.08. The van der Waals surface area contributed by atoms with Crippen LogP contribution >= 0.6 is 0 Å². The molecule has 0 aromatic heterocycles. The molecule has 16 heteroatoms. The number of rotatable bonds is 9. The van der Waals surface area contributed by atoms with E-state index in [0.717, 1.165) is 94.3 Å². The van der Waals surface area contributed by atoms with Crippen molar-refractivity contribution in [1.82, 2.24) is 20.4 Å². The van der Waals surface area contributed by atoms with Gasteiger partial charge in [0, 0.05) is 49.9 Å². The zero-order valence-electron chi connectivity index (χ0n) is 31.6. The van der Waals surface area contributed by atoms with Crippen LogP contribution in [-0.4, -0.2) is 102 Å². The first-order chi connectivity index (χ1) is 26.7. The minimum Gasteiger partial charge on any atom is -0.489 e. The normalized spacial score (nSPS) is 20.7. The number of hydrogen-bond acceptors (Lipinski definition) is 7. The molecular formula is C40H51F4N5O7. The molecule has 12 nitrogen and oxygen atoms in total. The molecule has 306 valence electrons. The number of halogens is 4. The fourth-order valence-electron chi connectivity index (χ4n) is 7.96. The second-order valence-corrected chi connectivity index (χ2v) is 15.0. The van der Waals surface area contributed by atoms with Crippen molar-refractivity contribution >= 4 is 35.3 Å². The number of amides is 4. The fourth-order valence-corrected chi connectivity index (χ4v) is 7.96. The molecule has 2 aromatic rings. The molecule has 0 spiro atoms. The third kappa shape index (κ3) is 11.6. The second kappa shape index (κ2) is 19.4. The molecule has 2 aromatic carbocycles. The average Bonchev–Trinajstić information content (AvgIpc) is 3.69. The van der Waals surface area contributed by atoms with E-state index in [2.05, 4.69) is 16.0 Å². The van der Waals surface area contributed by atoms with Gasteiger partial charge >= 0.3 is 12.1 Å². The molecule has 2 heterocycles. The Morgan fingerprint density at radius 2 is 1.55 bits per heavy atom. The first-order valence-electron chi connectivity index (χ1n) is 19.5. The molecule has 56 heavy (non-hydrogen) atoms. The van der Waals surface area contributed by atoms with E-state index in [1.165, 1.54) is 30.7 Å². The molecule has 2 aliphatic heterocycles. The maximum atomic E-state index is 14.5. The highest BCUT2D eigenvalue weighted by Crippen LogP contribution is 2.39. The third-order valence-corrected chi connectivity index (χ3v) is 10.8. The first kappa shape index (κ1) is 42.4. The van der Waals surface area contributed by atoms with E-state index in [1.54, 1.807) is 11.0 Å². The number of hydrogen-bond donors (Lipinski definition) is 4. The zero-order valence-corrected chi connectivity index (χ0v) is 31.6. The van der Waals surface area contributed by atoms with Crippen molar-refractivity contribution in [2.75, 3.05) is 44.6 Å². The number of piperazine rings is 1. The van der Waals surface area contributed by atoms with Gasteiger partial charge in [-0.1, -0.05) is 38.5 Å². The summed E-state index contributed by atoms with van der Waals surface area (Å²) in [6.07, 6.45) is 7.16. The first-order valence-corrected chi connectivity index (χ1v) is 19.5. The van der Waals surface area contributed by atoms with Crippen molar-refractivity contribution in [3.63, 3.8) is 0 Å². The number of carboxylic acids is 1. The summed E-state index contributed by atoms with van der Waals surface area (Å²) in [7, 11) is 0. The molecule has 0 bridgehead atoms. The zero-order chi connectivity index (χ0) is 40.4. The van der Waals surface area contributed by atoms with Crippen LogP contribution in [0.15, 0.2) is 36.4 Å². The van der Waals surface area contributed by atoms with Crippen molar-refractivity contribution in [3.8, 4) is 5.75 Å². The molecule has 4 fully saturated rings. The van der Waals surface area contributed by atoms with Gasteiger partial charge in [0.2, 0.25) is 11.8 Å². The summed E-state index contributed by atoms with van der Waals surface area (Å²) in [5.74, 6) is -3.28. The number of anilines is 1. The van der Waals surface area contributed by atoms with Gasteiger partial charge in [-0.25, -0.2) is 9.18 Å². The number of carbonyl (C=O) groups is 5. The van der Waals surface area contributed by atoms with E-state index < -0.39 is 29.9 Å². The van der Waals surface area contributed by atoms with Crippen LogP contribution in [0.5, 0.6) is 5.75 Å². The van der Waals surface area contributed by atoms with E-state index in [0.29, 0.717) is 23.9 Å². The van der Waals surface area contributed by atoms with Gasteiger partial charge < -0.3 is 35.6 Å². The number of aliphatic carboxylic acids is 1. The van der Waals surface area contributed by atoms with Gasteiger partial charge in [0.25, 0.3) is 11.8 Å². The van der Waals surface area contributed by atoms with Crippen LogP contribution in [0.4, 0.5) is 23.2 Å². The molecule has 1 unspecified atom stereocenters. The van der Waals surface area contributed by atoms with Gasteiger partial charge in [-0.05, 0) is 92.4 Å². The van der Waals surface area contributed by atoms with Crippen molar-refractivity contribution in [1.29, 1.82) is 0 Å². The Labute approximate surface area is 323 Å². The monoisotopic (exact) mass is 789 g/mol. The Bertz CT molecular complexity index is 1720. The van der Waals surface area contributed by atoms with Gasteiger partial charge in [-0.3, -0.25) is 19.2 Å². The minimum absolute atomic E-state index is 0.0294. The van der Waals surface area contributed by atoms with Crippen LogP contribution in [0.2, 0.25) is 0 Å². The number of benzene rings is 2. The predicted octanol–water partition coefficient (Wildman–Crippen LogP) is 5.87. The molecule has 2 aliphatic carbocycles. The Morgan fingerprint density at radius 1 is 0.875 bits per heavy atom. The highest BCUT2D eigenvalue weighted by molar-refractivity contribution is 6.00. The van der Waals surface area contributed by atoms with Crippen LogP contribution < -0.4 is 20.7 Å². The smallest absolute Gasteiger partial charge is 0.489 e. The molecule has 2 saturated heterocycles. The molecular weight excluding hydrogens is 738 g/mol. The lowest BCUT2D eigenvalue weighted by Crippen LogP contribution is -2.61. The van der Waals surface area contributed by atoms with E-state index in [9.17, 15) is 36.7 Å². The largest absolute Gasteiger partial charge is 0.490 e. The van der Waals surface area contributed by atoms with Gasteiger partial charge in [0.05, 0.1) is 6.54 Å². The topological polar surface area (TPSA) is 157 Å².